The van der Waals surface area contributed by atoms with E-state index in [1.54, 1.807) is 9.80 Å². The molecule has 3 aliphatic heterocycles. The number of carbonyl (C=O) groups excluding carboxylic acids is 2. The highest BCUT2D eigenvalue weighted by Crippen LogP contribution is 2.31. The average Bonchev–Trinajstić information content (AvgIpc) is 2.66. The molecular formula is C20H23F4N3O3. The summed E-state index contributed by atoms with van der Waals surface area (Å²) in [6.45, 7) is 2.12. The molecule has 0 unspecified atom stereocenters. The van der Waals surface area contributed by atoms with E-state index in [2.05, 4.69) is 5.32 Å². The van der Waals surface area contributed by atoms with E-state index in [9.17, 15) is 27.2 Å². The number of halogens is 4. The van der Waals surface area contributed by atoms with Crippen LogP contribution in [0.2, 0.25) is 0 Å². The number of piperidine rings is 2. The molecule has 1 N–H and O–H groups in total. The number of fused-ring (bicyclic) bond motifs is 1. The van der Waals surface area contributed by atoms with E-state index in [0.717, 1.165) is 18.6 Å². The molecule has 1 aromatic carbocycles. The maximum absolute atomic E-state index is 13.9. The zero-order valence-corrected chi connectivity index (χ0v) is 16.3. The van der Waals surface area contributed by atoms with Gasteiger partial charge in [-0.05, 0) is 24.5 Å². The first-order valence-electron chi connectivity index (χ1n) is 9.97. The summed E-state index contributed by atoms with van der Waals surface area (Å²) in [5.41, 5.74) is -0.993. The van der Waals surface area contributed by atoms with Gasteiger partial charge in [0.25, 0.3) is 0 Å². The molecule has 0 spiro atoms. The van der Waals surface area contributed by atoms with Gasteiger partial charge in [-0.2, -0.15) is 13.2 Å². The van der Waals surface area contributed by atoms with E-state index < -0.39 is 17.6 Å². The predicted molar refractivity (Wildman–Crippen MR) is 98.0 cm³/mol. The monoisotopic (exact) mass is 429 g/mol. The lowest BCUT2D eigenvalue weighted by Gasteiger charge is -2.46. The Bertz CT molecular complexity index is 826. The number of Topliss-reactive ketones (excluding diaryl/α,β-unsaturated/α-hetero) is 1. The highest BCUT2D eigenvalue weighted by atomic mass is 19.4. The number of amides is 2. The van der Waals surface area contributed by atoms with Crippen molar-refractivity contribution in [2.75, 3.05) is 32.7 Å². The minimum Gasteiger partial charge on any atom is -0.370 e. The van der Waals surface area contributed by atoms with Gasteiger partial charge in [0, 0.05) is 31.1 Å². The lowest BCUT2D eigenvalue weighted by atomic mass is 9.85. The molecular weight excluding hydrogens is 406 g/mol. The van der Waals surface area contributed by atoms with Crippen molar-refractivity contribution in [1.82, 2.24) is 15.1 Å². The van der Waals surface area contributed by atoms with E-state index >= 15 is 0 Å². The molecule has 164 valence electrons. The first-order valence-corrected chi connectivity index (χ1v) is 9.97. The summed E-state index contributed by atoms with van der Waals surface area (Å²) in [6.07, 6.45) is -3.58. The standard InChI is InChI=1S/C20H23F4N3O3/c21-17-6-14(20(22,23)24)2-1-12(17)11-30-16-9-27(10-16)19(29)26-4-3-18-13(8-26)5-15(28)7-25-18/h1-2,6,13,16,18,25H,3-5,7-11H2/t13-,18+/m1/s1. The molecule has 3 aliphatic rings. The first kappa shape index (κ1) is 21.0. The minimum absolute atomic E-state index is 0.0457. The normalized spacial score (nSPS) is 25.1. The largest absolute Gasteiger partial charge is 0.416 e. The number of benzene rings is 1. The van der Waals surface area contributed by atoms with Gasteiger partial charge in [0.2, 0.25) is 0 Å². The number of carbonyl (C=O) groups is 2. The number of rotatable bonds is 3. The van der Waals surface area contributed by atoms with Crippen molar-refractivity contribution in [3.05, 3.63) is 35.1 Å². The third kappa shape index (κ3) is 4.44. The van der Waals surface area contributed by atoms with Gasteiger partial charge in [0.15, 0.2) is 0 Å². The van der Waals surface area contributed by atoms with Gasteiger partial charge in [-0.25, -0.2) is 9.18 Å². The zero-order valence-electron chi connectivity index (χ0n) is 16.3. The molecule has 0 aliphatic carbocycles. The molecule has 0 aromatic heterocycles. The van der Waals surface area contributed by atoms with Crippen molar-refractivity contribution in [3.8, 4) is 0 Å². The van der Waals surface area contributed by atoms with Crippen molar-refractivity contribution < 1.29 is 31.9 Å². The third-order valence-electron chi connectivity index (χ3n) is 6.03. The summed E-state index contributed by atoms with van der Waals surface area (Å²) in [5, 5.41) is 3.23. The second kappa shape index (κ2) is 8.14. The maximum atomic E-state index is 13.9. The van der Waals surface area contributed by atoms with Crippen LogP contribution in [0.25, 0.3) is 0 Å². The minimum atomic E-state index is -4.59. The molecule has 3 fully saturated rings. The van der Waals surface area contributed by atoms with Crippen LogP contribution in [0.4, 0.5) is 22.4 Å². The Kier molecular flexibility index (Phi) is 5.71. The fourth-order valence-electron chi connectivity index (χ4n) is 4.24. The predicted octanol–water partition coefficient (Wildman–Crippen LogP) is 2.42. The molecule has 10 heteroatoms. The topological polar surface area (TPSA) is 61.9 Å². The molecule has 2 atom stereocenters. The van der Waals surface area contributed by atoms with Crippen molar-refractivity contribution in [3.63, 3.8) is 0 Å². The van der Waals surface area contributed by atoms with Crippen molar-refractivity contribution in [2.45, 2.75) is 37.8 Å². The molecule has 0 radical (unpaired) electrons. The van der Waals surface area contributed by atoms with Crippen molar-refractivity contribution in [2.24, 2.45) is 5.92 Å². The summed E-state index contributed by atoms with van der Waals surface area (Å²) < 4.78 is 57.2. The lowest BCUT2D eigenvalue weighted by Crippen LogP contribution is -2.62. The van der Waals surface area contributed by atoms with Gasteiger partial charge in [-0.3, -0.25) is 4.79 Å². The number of hydrogen-bond donors (Lipinski definition) is 1. The summed E-state index contributed by atoms with van der Waals surface area (Å²) in [6, 6.07) is 2.53. The van der Waals surface area contributed by atoms with Gasteiger partial charge in [-0.1, -0.05) is 6.07 Å². The zero-order chi connectivity index (χ0) is 21.5. The van der Waals surface area contributed by atoms with Crippen LogP contribution < -0.4 is 5.32 Å². The van der Waals surface area contributed by atoms with E-state index in [1.807, 2.05) is 0 Å². The van der Waals surface area contributed by atoms with Gasteiger partial charge >= 0.3 is 12.2 Å². The van der Waals surface area contributed by atoms with Crippen LogP contribution in [0.3, 0.4) is 0 Å². The van der Waals surface area contributed by atoms with Crippen LogP contribution in [-0.2, 0) is 22.3 Å². The molecule has 0 saturated carbocycles. The van der Waals surface area contributed by atoms with Crippen LogP contribution in [0, 0.1) is 11.7 Å². The van der Waals surface area contributed by atoms with E-state index in [0.29, 0.717) is 45.2 Å². The van der Waals surface area contributed by atoms with Crippen LogP contribution in [-0.4, -0.2) is 66.5 Å². The number of ether oxygens (including phenoxy) is 1. The Balaban J connectivity index is 1.23. The smallest absolute Gasteiger partial charge is 0.370 e. The Morgan fingerprint density at radius 2 is 1.97 bits per heavy atom. The summed E-state index contributed by atoms with van der Waals surface area (Å²) in [4.78, 5) is 27.7. The molecule has 0 bridgehead atoms. The number of nitrogens with zero attached hydrogens (tertiary/aromatic N) is 2. The van der Waals surface area contributed by atoms with Crippen molar-refractivity contribution >= 4 is 11.8 Å². The second-order valence-electron chi connectivity index (χ2n) is 8.15. The molecule has 30 heavy (non-hydrogen) atoms. The van der Waals surface area contributed by atoms with E-state index in [4.69, 9.17) is 4.74 Å². The average molecular weight is 429 g/mol. The summed E-state index contributed by atoms with van der Waals surface area (Å²) >= 11 is 0. The molecule has 4 rings (SSSR count). The quantitative estimate of drug-likeness (QED) is 0.750. The summed E-state index contributed by atoms with van der Waals surface area (Å²) in [5.74, 6) is -0.658. The highest BCUT2D eigenvalue weighted by molar-refractivity contribution is 5.82. The van der Waals surface area contributed by atoms with Gasteiger partial charge in [0.1, 0.15) is 11.6 Å². The number of hydrogen-bond acceptors (Lipinski definition) is 4. The van der Waals surface area contributed by atoms with Gasteiger partial charge in [0.05, 0.1) is 37.9 Å². The fourth-order valence-corrected chi connectivity index (χ4v) is 4.24. The second-order valence-corrected chi connectivity index (χ2v) is 8.15. The highest BCUT2D eigenvalue weighted by Gasteiger charge is 2.39. The molecule has 3 heterocycles. The number of ketones is 1. The van der Waals surface area contributed by atoms with Crippen molar-refractivity contribution in [1.29, 1.82) is 0 Å². The van der Waals surface area contributed by atoms with E-state index in [-0.39, 0.29) is 42.0 Å². The van der Waals surface area contributed by atoms with Crippen LogP contribution >= 0.6 is 0 Å². The first-order chi connectivity index (χ1) is 14.2. The Labute approximate surface area is 171 Å². The molecule has 1 aromatic rings. The Morgan fingerprint density at radius 1 is 1.20 bits per heavy atom. The summed E-state index contributed by atoms with van der Waals surface area (Å²) in [7, 11) is 0. The number of urea groups is 1. The molecule has 6 nitrogen and oxygen atoms in total. The third-order valence-corrected chi connectivity index (χ3v) is 6.03. The van der Waals surface area contributed by atoms with Gasteiger partial charge in [-0.15, -0.1) is 0 Å². The Hall–Kier alpha value is -2.20. The molecule has 3 saturated heterocycles. The maximum Gasteiger partial charge on any atom is 0.416 e. The van der Waals surface area contributed by atoms with Crippen LogP contribution in [0.15, 0.2) is 18.2 Å². The Morgan fingerprint density at radius 3 is 2.67 bits per heavy atom. The fraction of sp³-hybridized carbons (Fsp3) is 0.600. The number of nitrogens with one attached hydrogen (secondary N) is 1. The number of alkyl halides is 3. The molecule has 2 amide bonds. The SMILES string of the molecule is O=C1CN[C@H]2CCN(C(=O)N3CC(OCc4ccc(C(F)(F)F)cc4F)C3)C[C@H]2C1. The van der Waals surface area contributed by atoms with Crippen LogP contribution in [0.5, 0.6) is 0 Å². The lowest BCUT2D eigenvalue weighted by molar-refractivity contribution is -0.137. The van der Waals surface area contributed by atoms with Gasteiger partial charge < -0.3 is 19.9 Å². The number of likely N-dealkylation sites (tertiary alicyclic amines) is 2. The van der Waals surface area contributed by atoms with Crippen LogP contribution in [0.1, 0.15) is 24.0 Å². The van der Waals surface area contributed by atoms with E-state index in [1.165, 1.54) is 0 Å².